The molecule has 2 fully saturated rings. The fraction of sp³-hybridized carbons (Fsp3) is 0.533. The van der Waals surface area contributed by atoms with Crippen molar-refractivity contribution < 1.29 is 19.2 Å². The van der Waals surface area contributed by atoms with E-state index in [2.05, 4.69) is 9.80 Å². The number of methoxy groups -OCH3 is 1. The molecule has 2 aliphatic rings. The van der Waals surface area contributed by atoms with Crippen molar-refractivity contribution in [3.05, 3.63) is 28.3 Å². The van der Waals surface area contributed by atoms with Crippen LogP contribution in [0.15, 0.2) is 18.2 Å². The summed E-state index contributed by atoms with van der Waals surface area (Å²) < 4.78 is 11.0. The number of aldehydes is 1. The number of fused-ring (bicyclic) bond motifs is 2. The highest BCUT2D eigenvalue weighted by Crippen LogP contribution is 2.33. The highest BCUT2D eigenvalue weighted by Gasteiger charge is 2.35. The standard InChI is InChI=1S/C15H19N3O5/c1-22-15-3-2-11(6-14(15)18(20)21)17-9-12-7-16(4-5-19)8-13(10-17)23-12/h2-3,5-6,12-13H,4,7-10H2,1H3. The van der Waals surface area contributed by atoms with E-state index in [4.69, 9.17) is 9.47 Å². The first-order chi connectivity index (χ1) is 11.1. The van der Waals surface area contributed by atoms with E-state index in [1.807, 2.05) is 6.07 Å². The molecule has 2 heterocycles. The van der Waals surface area contributed by atoms with Crippen LogP contribution >= 0.6 is 0 Å². The quantitative estimate of drug-likeness (QED) is 0.448. The van der Waals surface area contributed by atoms with Crippen molar-refractivity contribution >= 4 is 17.7 Å². The van der Waals surface area contributed by atoms with Crippen LogP contribution in [0.25, 0.3) is 0 Å². The Hall–Kier alpha value is -2.19. The summed E-state index contributed by atoms with van der Waals surface area (Å²) in [5.41, 5.74) is 0.754. The van der Waals surface area contributed by atoms with Gasteiger partial charge in [-0.1, -0.05) is 0 Å². The van der Waals surface area contributed by atoms with Crippen LogP contribution in [0.2, 0.25) is 0 Å². The van der Waals surface area contributed by atoms with E-state index in [0.29, 0.717) is 32.7 Å². The number of anilines is 1. The van der Waals surface area contributed by atoms with Crippen molar-refractivity contribution in [3.8, 4) is 5.75 Å². The first kappa shape index (κ1) is 15.7. The monoisotopic (exact) mass is 321 g/mol. The van der Waals surface area contributed by atoms with Gasteiger partial charge in [0.05, 0.1) is 30.8 Å². The van der Waals surface area contributed by atoms with Crippen LogP contribution in [0.1, 0.15) is 0 Å². The minimum atomic E-state index is -0.435. The lowest BCUT2D eigenvalue weighted by Crippen LogP contribution is -2.59. The molecule has 0 radical (unpaired) electrons. The summed E-state index contributed by atoms with van der Waals surface area (Å²) in [4.78, 5) is 25.6. The third-order valence-electron chi connectivity index (χ3n) is 4.21. The van der Waals surface area contributed by atoms with Gasteiger partial charge in [0.1, 0.15) is 6.29 Å². The summed E-state index contributed by atoms with van der Waals surface area (Å²) in [7, 11) is 1.42. The fourth-order valence-electron chi connectivity index (χ4n) is 3.26. The molecular formula is C15H19N3O5. The summed E-state index contributed by atoms with van der Waals surface area (Å²) in [5, 5.41) is 11.2. The molecule has 0 aromatic heterocycles. The van der Waals surface area contributed by atoms with Crippen molar-refractivity contribution in [2.45, 2.75) is 12.2 Å². The van der Waals surface area contributed by atoms with Gasteiger partial charge < -0.3 is 19.2 Å². The minimum Gasteiger partial charge on any atom is -0.490 e. The number of carbonyl (C=O) groups excluding carboxylic acids is 1. The van der Waals surface area contributed by atoms with Crippen molar-refractivity contribution in [2.24, 2.45) is 0 Å². The number of carbonyl (C=O) groups is 1. The molecule has 2 atom stereocenters. The molecule has 8 nitrogen and oxygen atoms in total. The molecule has 2 saturated heterocycles. The van der Waals surface area contributed by atoms with Crippen LogP contribution < -0.4 is 9.64 Å². The number of nitrogens with zero attached hydrogens (tertiary/aromatic N) is 3. The molecule has 1 aromatic carbocycles. The van der Waals surface area contributed by atoms with Gasteiger partial charge in [-0.3, -0.25) is 15.0 Å². The number of benzene rings is 1. The summed E-state index contributed by atoms with van der Waals surface area (Å²) in [5.74, 6) is 0.254. The van der Waals surface area contributed by atoms with E-state index in [1.54, 1.807) is 12.1 Å². The second-order valence-corrected chi connectivity index (χ2v) is 5.78. The Morgan fingerprint density at radius 1 is 1.35 bits per heavy atom. The van der Waals surface area contributed by atoms with Crippen molar-refractivity contribution in [2.75, 3.05) is 44.7 Å². The highest BCUT2D eigenvalue weighted by molar-refractivity contribution is 5.60. The lowest BCUT2D eigenvalue weighted by molar-refractivity contribution is -0.385. The van der Waals surface area contributed by atoms with Crippen LogP contribution in [-0.4, -0.2) is 68.2 Å². The zero-order chi connectivity index (χ0) is 16.4. The summed E-state index contributed by atoms with van der Waals surface area (Å²) in [6.45, 7) is 3.11. The van der Waals surface area contributed by atoms with E-state index in [-0.39, 0.29) is 23.6 Å². The first-order valence-electron chi connectivity index (χ1n) is 7.49. The van der Waals surface area contributed by atoms with Gasteiger partial charge in [0.2, 0.25) is 0 Å². The van der Waals surface area contributed by atoms with Crippen molar-refractivity contribution in [3.63, 3.8) is 0 Å². The van der Waals surface area contributed by atoms with E-state index in [9.17, 15) is 14.9 Å². The number of nitro groups is 1. The number of morpholine rings is 2. The van der Waals surface area contributed by atoms with Gasteiger partial charge in [0, 0.05) is 37.9 Å². The lowest BCUT2D eigenvalue weighted by atomic mass is 10.1. The van der Waals surface area contributed by atoms with Crippen molar-refractivity contribution in [1.82, 2.24) is 4.90 Å². The predicted molar refractivity (Wildman–Crippen MR) is 83.0 cm³/mol. The molecule has 2 aliphatic heterocycles. The third-order valence-corrected chi connectivity index (χ3v) is 4.21. The Bertz CT molecular complexity index is 595. The van der Waals surface area contributed by atoms with Crippen LogP contribution in [-0.2, 0) is 9.53 Å². The number of nitro benzene ring substituents is 1. The van der Waals surface area contributed by atoms with E-state index >= 15 is 0 Å². The summed E-state index contributed by atoms with van der Waals surface area (Å²) >= 11 is 0. The molecule has 23 heavy (non-hydrogen) atoms. The molecule has 2 unspecified atom stereocenters. The molecule has 8 heteroatoms. The molecule has 0 saturated carbocycles. The smallest absolute Gasteiger partial charge is 0.312 e. The van der Waals surface area contributed by atoms with Gasteiger partial charge >= 0.3 is 5.69 Å². The van der Waals surface area contributed by atoms with E-state index < -0.39 is 4.92 Å². The number of rotatable bonds is 5. The topological polar surface area (TPSA) is 85.2 Å². The van der Waals surface area contributed by atoms with Gasteiger partial charge in [-0.25, -0.2) is 0 Å². The second-order valence-electron chi connectivity index (χ2n) is 5.78. The Morgan fingerprint density at radius 3 is 2.61 bits per heavy atom. The van der Waals surface area contributed by atoms with E-state index in [1.165, 1.54) is 7.11 Å². The van der Waals surface area contributed by atoms with Gasteiger partial charge in [0.15, 0.2) is 5.75 Å². The third kappa shape index (κ3) is 3.27. The Balaban J connectivity index is 1.78. The molecule has 0 N–H and O–H groups in total. The largest absolute Gasteiger partial charge is 0.490 e. The predicted octanol–water partition coefficient (Wildman–Crippen LogP) is 0.692. The number of hydrogen-bond acceptors (Lipinski definition) is 7. The normalized spacial score (nSPS) is 24.3. The van der Waals surface area contributed by atoms with Crippen LogP contribution in [0.3, 0.4) is 0 Å². The van der Waals surface area contributed by atoms with Crippen molar-refractivity contribution in [1.29, 1.82) is 0 Å². The molecule has 124 valence electrons. The Kier molecular flexibility index (Phi) is 4.44. The SMILES string of the molecule is COc1ccc(N2CC3CN(CC=O)CC(C2)O3)cc1[N+](=O)[O-]. The average molecular weight is 321 g/mol. The van der Waals surface area contributed by atoms with Gasteiger partial charge in [-0.2, -0.15) is 0 Å². The molecule has 3 rings (SSSR count). The number of ether oxygens (including phenoxy) is 2. The zero-order valence-electron chi connectivity index (χ0n) is 12.9. The molecule has 0 aliphatic carbocycles. The molecular weight excluding hydrogens is 302 g/mol. The summed E-state index contributed by atoms with van der Waals surface area (Å²) in [6, 6.07) is 5.00. The second kappa shape index (κ2) is 6.51. The maximum absolute atomic E-state index is 11.2. The van der Waals surface area contributed by atoms with E-state index in [0.717, 1.165) is 12.0 Å². The molecule has 0 amide bonds. The van der Waals surface area contributed by atoms with Gasteiger partial charge in [-0.05, 0) is 12.1 Å². The lowest BCUT2D eigenvalue weighted by Gasteiger charge is -2.46. The number of hydrogen-bond donors (Lipinski definition) is 0. The van der Waals surface area contributed by atoms with Crippen LogP contribution in [0, 0.1) is 10.1 Å². The molecule has 1 aromatic rings. The van der Waals surface area contributed by atoms with Crippen LogP contribution in [0.4, 0.5) is 11.4 Å². The van der Waals surface area contributed by atoms with Gasteiger partial charge in [0.25, 0.3) is 0 Å². The Morgan fingerprint density at radius 2 is 2.04 bits per heavy atom. The zero-order valence-corrected chi connectivity index (χ0v) is 12.9. The van der Waals surface area contributed by atoms with Crippen LogP contribution in [0.5, 0.6) is 5.75 Å². The summed E-state index contributed by atoms with van der Waals surface area (Å²) in [6.07, 6.45) is 0.915. The average Bonchev–Trinajstić information content (AvgIpc) is 2.53. The molecule has 0 spiro atoms. The highest BCUT2D eigenvalue weighted by atomic mass is 16.6. The molecule has 2 bridgehead atoms. The first-order valence-corrected chi connectivity index (χ1v) is 7.49. The maximum Gasteiger partial charge on any atom is 0.312 e. The fourth-order valence-corrected chi connectivity index (χ4v) is 3.26. The van der Waals surface area contributed by atoms with Gasteiger partial charge in [-0.15, -0.1) is 0 Å². The minimum absolute atomic E-state index is 0.00334. The maximum atomic E-state index is 11.2. The Labute approximate surface area is 133 Å².